The molecule has 0 amide bonds. The minimum atomic E-state index is -1.24. The average molecular weight is 375 g/mol. The third kappa shape index (κ3) is 2.35. The summed E-state index contributed by atoms with van der Waals surface area (Å²) in [6.45, 7) is 4.27. The molecular formula is C19H17N7O2. The monoisotopic (exact) mass is 375 g/mol. The van der Waals surface area contributed by atoms with Crippen molar-refractivity contribution in [3.05, 3.63) is 53.0 Å². The molecule has 1 aromatic carbocycles. The second kappa shape index (κ2) is 5.87. The molecule has 140 valence electrons. The van der Waals surface area contributed by atoms with Gasteiger partial charge in [0.15, 0.2) is 6.73 Å². The summed E-state index contributed by atoms with van der Waals surface area (Å²) in [5.74, 6) is 0.897. The van der Waals surface area contributed by atoms with Crippen LogP contribution >= 0.6 is 0 Å². The maximum Gasteiger partial charge on any atom is 0.353 e. The fraction of sp³-hybridized carbons (Fsp3) is 0.211. The second-order valence-electron chi connectivity index (χ2n) is 6.70. The molecule has 0 saturated carbocycles. The zero-order valence-electron chi connectivity index (χ0n) is 15.3. The minimum Gasteiger partial charge on any atom is -0.471 e. The van der Waals surface area contributed by atoms with E-state index in [0.717, 1.165) is 34.1 Å². The smallest absolute Gasteiger partial charge is 0.353 e. The van der Waals surface area contributed by atoms with Crippen LogP contribution in [0.15, 0.2) is 46.8 Å². The lowest BCUT2D eigenvalue weighted by atomic mass is 10.2. The number of allylic oxidation sites excluding steroid dienone is 1. The van der Waals surface area contributed by atoms with Gasteiger partial charge in [-0.15, -0.1) is 0 Å². The number of benzene rings is 1. The highest BCUT2D eigenvalue weighted by Crippen LogP contribution is 2.41. The molecule has 2 bridgehead atoms. The van der Waals surface area contributed by atoms with E-state index in [9.17, 15) is 0 Å². The van der Waals surface area contributed by atoms with E-state index in [0.29, 0.717) is 18.1 Å². The van der Waals surface area contributed by atoms with Crippen molar-refractivity contribution in [2.75, 3.05) is 22.3 Å². The zero-order chi connectivity index (χ0) is 19.3. The Labute approximate surface area is 161 Å². The van der Waals surface area contributed by atoms with Gasteiger partial charge in [-0.1, -0.05) is 0 Å². The first-order valence-corrected chi connectivity index (χ1v) is 8.76. The third-order valence-corrected chi connectivity index (χ3v) is 4.86. The van der Waals surface area contributed by atoms with Crippen LogP contribution in [0, 0.1) is 18.3 Å². The van der Waals surface area contributed by atoms with Gasteiger partial charge in [-0.25, -0.2) is 20.3 Å². The van der Waals surface area contributed by atoms with Gasteiger partial charge in [-0.05, 0) is 43.7 Å². The van der Waals surface area contributed by atoms with Gasteiger partial charge in [0.1, 0.15) is 23.5 Å². The summed E-state index contributed by atoms with van der Waals surface area (Å²) in [6, 6.07) is 9.77. The first kappa shape index (κ1) is 16.4. The van der Waals surface area contributed by atoms with Crippen LogP contribution < -0.4 is 25.8 Å². The molecule has 4 heterocycles. The quantitative estimate of drug-likeness (QED) is 0.751. The first-order chi connectivity index (χ1) is 13.6. The van der Waals surface area contributed by atoms with Gasteiger partial charge < -0.3 is 15.4 Å². The van der Waals surface area contributed by atoms with E-state index in [1.54, 1.807) is 12.3 Å². The SMILES string of the molecule is CC1=C2NOC(Nc3cc(C)c(C#N)cn3)(N=C1)N2c1ccc2c(c1)NCO2. The van der Waals surface area contributed by atoms with Gasteiger partial charge in [-0.3, -0.25) is 4.90 Å². The number of rotatable bonds is 3. The number of aryl methyl sites for hydroxylation is 1. The number of hydroxylamine groups is 1. The Balaban J connectivity index is 1.56. The number of nitrogens with zero attached hydrogens (tertiary/aromatic N) is 4. The van der Waals surface area contributed by atoms with Gasteiger partial charge >= 0.3 is 5.97 Å². The Morgan fingerprint density at radius 1 is 1.32 bits per heavy atom. The van der Waals surface area contributed by atoms with Crippen LogP contribution in [0.5, 0.6) is 5.75 Å². The van der Waals surface area contributed by atoms with Crippen molar-refractivity contribution in [3.8, 4) is 11.8 Å². The summed E-state index contributed by atoms with van der Waals surface area (Å²) in [6.07, 6.45) is 3.29. The van der Waals surface area contributed by atoms with Crippen LogP contribution in [-0.4, -0.2) is 23.9 Å². The highest BCUT2D eigenvalue weighted by molar-refractivity contribution is 5.84. The molecule has 1 saturated heterocycles. The summed E-state index contributed by atoms with van der Waals surface area (Å²) in [5, 5.41) is 15.6. The van der Waals surface area contributed by atoms with E-state index in [-0.39, 0.29) is 0 Å². The topological polar surface area (TPSA) is 107 Å². The Bertz CT molecular complexity index is 1090. The molecule has 9 nitrogen and oxygen atoms in total. The normalized spacial score (nSPS) is 21.5. The lowest BCUT2D eigenvalue weighted by Crippen LogP contribution is -2.51. The molecular weight excluding hydrogens is 358 g/mol. The summed E-state index contributed by atoms with van der Waals surface area (Å²) < 4.78 is 5.52. The van der Waals surface area contributed by atoms with E-state index >= 15 is 0 Å². The van der Waals surface area contributed by atoms with Crippen LogP contribution in [-0.2, 0) is 4.84 Å². The molecule has 0 aliphatic carbocycles. The number of hydrogen-bond acceptors (Lipinski definition) is 9. The molecule has 9 heteroatoms. The molecule has 0 radical (unpaired) electrons. The fourth-order valence-electron chi connectivity index (χ4n) is 3.39. The van der Waals surface area contributed by atoms with Gasteiger partial charge in [0.05, 0.1) is 16.9 Å². The van der Waals surface area contributed by atoms with Crippen LogP contribution in [0.4, 0.5) is 17.2 Å². The molecule has 2 aromatic rings. The predicted octanol–water partition coefficient (Wildman–Crippen LogP) is 2.40. The van der Waals surface area contributed by atoms with E-state index in [1.165, 1.54) is 6.20 Å². The summed E-state index contributed by atoms with van der Waals surface area (Å²) in [4.78, 5) is 16.7. The van der Waals surface area contributed by atoms with Crippen molar-refractivity contribution in [1.82, 2.24) is 10.5 Å². The van der Waals surface area contributed by atoms with Gasteiger partial charge in [0.25, 0.3) is 0 Å². The van der Waals surface area contributed by atoms with Crippen molar-refractivity contribution in [2.24, 2.45) is 4.99 Å². The summed E-state index contributed by atoms with van der Waals surface area (Å²) in [7, 11) is 0. The maximum absolute atomic E-state index is 9.13. The number of aliphatic imine (C=N–C) groups is 1. The average Bonchev–Trinajstić information content (AvgIpc) is 3.27. The number of anilines is 3. The van der Waals surface area contributed by atoms with Gasteiger partial charge in [-0.2, -0.15) is 5.26 Å². The minimum absolute atomic E-state index is 0.450. The largest absolute Gasteiger partial charge is 0.471 e. The molecule has 1 unspecified atom stereocenters. The van der Waals surface area contributed by atoms with Gasteiger partial charge in [0, 0.05) is 18.0 Å². The Morgan fingerprint density at radius 2 is 2.21 bits per heavy atom. The number of pyridine rings is 1. The summed E-state index contributed by atoms with van der Waals surface area (Å²) in [5.41, 5.74) is 7.02. The Kier molecular flexibility index (Phi) is 3.44. The van der Waals surface area contributed by atoms with Crippen molar-refractivity contribution < 1.29 is 9.57 Å². The molecule has 5 rings (SSSR count). The number of nitriles is 1. The van der Waals surface area contributed by atoms with E-state index in [4.69, 9.17) is 14.8 Å². The zero-order valence-corrected chi connectivity index (χ0v) is 15.3. The lowest BCUT2D eigenvalue weighted by Gasteiger charge is -2.35. The molecule has 3 aliphatic heterocycles. The van der Waals surface area contributed by atoms with Crippen LogP contribution in [0.1, 0.15) is 18.1 Å². The lowest BCUT2D eigenvalue weighted by molar-refractivity contribution is -0.0216. The molecule has 3 N–H and O–H groups in total. The van der Waals surface area contributed by atoms with Crippen LogP contribution in [0.2, 0.25) is 0 Å². The van der Waals surface area contributed by atoms with Crippen molar-refractivity contribution in [3.63, 3.8) is 0 Å². The highest BCUT2D eigenvalue weighted by atomic mass is 16.7. The Morgan fingerprint density at radius 3 is 3.04 bits per heavy atom. The maximum atomic E-state index is 9.13. The molecule has 28 heavy (non-hydrogen) atoms. The van der Waals surface area contributed by atoms with Gasteiger partial charge in [0.2, 0.25) is 0 Å². The molecule has 3 aliphatic rings. The fourth-order valence-corrected chi connectivity index (χ4v) is 3.39. The van der Waals surface area contributed by atoms with Crippen molar-refractivity contribution >= 4 is 23.4 Å². The first-order valence-electron chi connectivity index (χ1n) is 8.76. The second-order valence-corrected chi connectivity index (χ2v) is 6.70. The highest BCUT2D eigenvalue weighted by Gasteiger charge is 2.50. The number of aromatic nitrogens is 1. The van der Waals surface area contributed by atoms with E-state index in [1.807, 2.05) is 36.9 Å². The number of hydrogen-bond donors (Lipinski definition) is 3. The number of ether oxygens (including phenoxy) is 1. The third-order valence-electron chi connectivity index (χ3n) is 4.86. The van der Waals surface area contributed by atoms with Crippen LogP contribution in [0.3, 0.4) is 0 Å². The molecule has 1 fully saturated rings. The Hall–Kier alpha value is -3.77. The van der Waals surface area contributed by atoms with E-state index < -0.39 is 5.97 Å². The van der Waals surface area contributed by atoms with E-state index in [2.05, 4.69) is 32.2 Å². The van der Waals surface area contributed by atoms with Crippen LogP contribution in [0.25, 0.3) is 0 Å². The predicted molar refractivity (Wildman–Crippen MR) is 103 cm³/mol. The molecule has 0 spiro atoms. The number of fused-ring (bicyclic) bond motifs is 3. The molecule has 1 aromatic heterocycles. The summed E-state index contributed by atoms with van der Waals surface area (Å²) >= 11 is 0. The molecule has 1 atom stereocenters. The standard InChI is InChI=1S/C19H17N7O2/c1-11-5-17(21-9-13(11)7-20)24-19-23-8-12(2)18(25-28-19)26(19)14-3-4-16-15(6-14)22-10-27-16/h3-6,8-9,22,25H,10H2,1-2H3,(H,21,24). The van der Waals surface area contributed by atoms with Crippen molar-refractivity contribution in [1.29, 1.82) is 5.26 Å². The van der Waals surface area contributed by atoms with Crippen molar-refractivity contribution in [2.45, 2.75) is 19.8 Å². The number of nitrogens with one attached hydrogen (secondary N) is 3.